The molecule has 218 valence electrons. The number of esters is 1. The van der Waals surface area contributed by atoms with Crippen molar-refractivity contribution in [2.75, 3.05) is 0 Å². The summed E-state index contributed by atoms with van der Waals surface area (Å²) in [5.74, 6) is -5.37. The standard InChI is InChI=1S/C30H27F3N4O5/c1-3-29(41)16-6-20-23-14(8-37(20)24(38)15(16)9-42-26(29)40)22-18(36-25(39)27-10-28(34,11-27)30(27,32)33)5-4-13-12(2)17(31)7-19(35-23)21(13)22/h6-7,18,41H,3-5,8-11,34H2,1-2H3,(H,36,39)/t18-,27?,28?,29-/m0/s1. The van der Waals surface area contributed by atoms with Crippen LogP contribution in [0.5, 0.6) is 0 Å². The maximum Gasteiger partial charge on any atom is 0.343 e. The number of aliphatic hydroxyl groups is 1. The minimum atomic E-state index is -3.30. The van der Waals surface area contributed by atoms with Gasteiger partial charge in [-0.3, -0.25) is 9.59 Å². The minimum absolute atomic E-state index is 0.0244. The molecule has 2 bridgehead atoms. The summed E-state index contributed by atoms with van der Waals surface area (Å²) < 4.78 is 51.2. The maximum absolute atomic E-state index is 15.1. The summed E-state index contributed by atoms with van der Waals surface area (Å²) in [7, 11) is 0. The Morgan fingerprint density at radius 1 is 1.24 bits per heavy atom. The van der Waals surface area contributed by atoms with Crippen molar-refractivity contribution in [1.82, 2.24) is 14.9 Å². The first-order valence-corrected chi connectivity index (χ1v) is 14.1. The molecule has 1 amide bonds. The lowest BCUT2D eigenvalue weighted by Gasteiger charge is -2.72. The number of carbonyl (C=O) groups is 2. The van der Waals surface area contributed by atoms with Crippen molar-refractivity contribution in [2.45, 2.75) is 82.2 Å². The van der Waals surface area contributed by atoms with Crippen LogP contribution < -0.4 is 16.6 Å². The Hall–Kier alpha value is -3.77. The fourth-order valence-electron chi connectivity index (χ4n) is 8.03. The van der Waals surface area contributed by atoms with E-state index in [1.54, 1.807) is 19.9 Å². The van der Waals surface area contributed by atoms with E-state index in [-0.39, 0.29) is 43.5 Å². The lowest BCUT2D eigenvalue weighted by molar-refractivity contribution is -0.342. The molecular weight excluding hydrogens is 553 g/mol. The highest BCUT2D eigenvalue weighted by atomic mass is 19.3. The molecule has 6 aliphatic rings. The molecule has 3 saturated carbocycles. The minimum Gasteiger partial charge on any atom is -0.458 e. The summed E-state index contributed by atoms with van der Waals surface area (Å²) in [5.41, 5.74) is 3.46. The first-order chi connectivity index (χ1) is 19.8. The highest BCUT2D eigenvalue weighted by Gasteiger charge is 2.90. The number of halogens is 3. The van der Waals surface area contributed by atoms with Gasteiger partial charge >= 0.3 is 5.97 Å². The van der Waals surface area contributed by atoms with E-state index in [1.807, 2.05) is 0 Å². The van der Waals surface area contributed by atoms with Crippen LogP contribution in [-0.4, -0.2) is 38.0 Å². The average Bonchev–Trinajstić information content (AvgIpc) is 3.31. The summed E-state index contributed by atoms with van der Waals surface area (Å²) in [6, 6.07) is 2.17. The zero-order chi connectivity index (χ0) is 29.7. The van der Waals surface area contributed by atoms with Crippen LogP contribution in [0.25, 0.3) is 22.3 Å². The zero-order valence-electron chi connectivity index (χ0n) is 22.9. The highest BCUT2D eigenvalue weighted by molar-refractivity contribution is 5.95. The van der Waals surface area contributed by atoms with E-state index in [0.29, 0.717) is 51.8 Å². The predicted octanol–water partition coefficient (Wildman–Crippen LogP) is 2.76. The quantitative estimate of drug-likeness (QED) is 0.317. The van der Waals surface area contributed by atoms with E-state index in [4.69, 9.17) is 15.5 Å². The molecule has 3 fully saturated rings. The van der Waals surface area contributed by atoms with Crippen molar-refractivity contribution in [3.8, 4) is 11.4 Å². The first-order valence-electron chi connectivity index (χ1n) is 14.1. The molecule has 1 aromatic carbocycles. The van der Waals surface area contributed by atoms with E-state index in [2.05, 4.69) is 5.32 Å². The Morgan fingerprint density at radius 3 is 2.64 bits per heavy atom. The number of carbonyl (C=O) groups excluding carboxylic acids is 2. The Kier molecular flexibility index (Phi) is 4.68. The number of amides is 1. The molecule has 0 radical (unpaired) electrons. The Morgan fingerprint density at radius 2 is 1.98 bits per heavy atom. The van der Waals surface area contributed by atoms with Gasteiger partial charge in [0.2, 0.25) is 5.91 Å². The monoisotopic (exact) mass is 580 g/mol. The van der Waals surface area contributed by atoms with Crippen molar-refractivity contribution >= 4 is 22.8 Å². The van der Waals surface area contributed by atoms with Crippen molar-refractivity contribution in [3.05, 3.63) is 61.7 Å². The lowest BCUT2D eigenvalue weighted by atomic mass is 9.36. The Bertz CT molecular complexity index is 1900. The number of pyridine rings is 2. The van der Waals surface area contributed by atoms with Gasteiger partial charge in [0.15, 0.2) is 5.60 Å². The summed E-state index contributed by atoms with van der Waals surface area (Å²) in [4.78, 5) is 44.4. The number of nitrogens with one attached hydrogen (secondary N) is 1. The molecule has 3 aromatic rings. The number of hydrogen-bond acceptors (Lipinski definition) is 7. The van der Waals surface area contributed by atoms with Gasteiger partial charge in [-0.15, -0.1) is 0 Å². The summed E-state index contributed by atoms with van der Waals surface area (Å²) in [5, 5.41) is 14.7. The van der Waals surface area contributed by atoms with Crippen LogP contribution in [0.3, 0.4) is 0 Å². The van der Waals surface area contributed by atoms with Crippen molar-refractivity contribution in [2.24, 2.45) is 11.1 Å². The third-order valence-electron chi connectivity index (χ3n) is 10.6. The molecule has 4 N–H and O–H groups in total. The SMILES string of the molecule is CC[C@@]1(O)C(=O)OCc2c1cc1n(c2=O)Cc2c-1nc1cc(F)c(C)c3c1c2[C@@H](NC(=O)C12CC(N)(C1)C2(F)F)CC3. The van der Waals surface area contributed by atoms with Gasteiger partial charge in [-0.2, -0.15) is 0 Å². The van der Waals surface area contributed by atoms with Gasteiger partial charge in [0.1, 0.15) is 17.8 Å². The predicted molar refractivity (Wildman–Crippen MR) is 142 cm³/mol. The molecule has 9 rings (SSSR count). The van der Waals surface area contributed by atoms with E-state index in [1.165, 1.54) is 10.6 Å². The maximum atomic E-state index is 15.1. The normalized spacial score (nSPS) is 30.9. The van der Waals surface area contributed by atoms with Gasteiger partial charge in [0, 0.05) is 22.6 Å². The van der Waals surface area contributed by atoms with Gasteiger partial charge < -0.3 is 25.5 Å². The number of alkyl halides is 2. The average molecular weight is 581 g/mol. The molecule has 2 atom stereocenters. The van der Waals surface area contributed by atoms with E-state index >= 15 is 4.39 Å². The Labute approximate surface area is 236 Å². The number of aromatic nitrogens is 2. The molecule has 12 heteroatoms. The van der Waals surface area contributed by atoms with Crippen LogP contribution in [0.1, 0.15) is 72.0 Å². The first kappa shape index (κ1) is 25.9. The molecule has 2 aromatic heterocycles. The molecule has 0 unspecified atom stereocenters. The number of cyclic esters (lactones) is 1. The van der Waals surface area contributed by atoms with Crippen LogP contribution >= 0.6 is 0 Å². The molecule has 0 spiro atoms. The molecule has 4 heterocycles. The zero-order valence-corrected chi connectivity index (χ0v) is 22.9. The fraction of sp³-hybridized carbons (Fsp3) is 0.467. The number of aryl methyl sites for hydroxylation is 1. The third-order valence-corrected chi connectivity index (χ3v) is 10.6. The summed E-state index contributed by atoms with van der Waals surface area (Å²) >= 11 is 0. The van der Waals surface area contributed by atoms with E-state index < -0.39 is 51.8 Å². The van der Waals surface area contributed by atoms with Crippen LogP contribution in [0.15, 0.2) is 16.9 Å². The molecule has 0 saturated heterocycles. The number of nitrogens with zero attached hydrogens (tertiary/aromatic N) is 2. The number of fused-ring (bicyclic) bond motifs is 5. The lowest BCUT2D eigenvalue weighted by Crippen LogP contribution is -2.90. The summed E-state index contributed by atoms with van der Waals surface area (Å²) in [6.07, 6.45) is 0.521. The van der Waals surface area contributed by atoms with Crippen molar-refractivity contribution in [1.29, 1.82) is 0 Å². The second-order valence-electron chi connectivity index (χ2n) is 12.5. The second kappa shape index (κ2) is 7.59. The number of benzene rings is 1. The Balaban J connectivity index is 1.32. The number of hydrogen-bond donors (Lipinski definition) is 3. The summed E-state index contributed by atoms with van der Waals surface area (Å²) in [6.45, 7) is 3.04. The van der Waals surface area contributed by atoms with Crippen LogP contribution in [0, 0.1) is 18.2 Å². The van der Waals surface area contributed by atoms with E-state index in [9.17, 15) is 28.3 Å². The van der Waals surface area contributed by atoms with E-state index in [0.717, 1.165) is 5.56 Å². The van der Waals surface area contributed by atoms with Crippen molar-refractivity contribution in [3.63, 3.8) is 0 Å². The van der Waals surface area contributed by atoms with Crippen LogP contribution in [0.2, 0.25) is 0 Å². The number of ether oxygens (including phenoxy) is 1. The van der Waals surface area contributed by atoms with Gasteiger partial charge in [-0.25, -0.2) is 22.9 Å². The smallest absolute Gasteiger partial charge is 0.343 e. The molecule has 42 heavy (non-hydrogen) atoms. The number of nitrogens with two attached hydrogens (primary N) is 1. The van der Waals surface area contributed by atoms with Gasteiger partial charge in [-0.05, 0) is 61.8 Å². The van der Waals surface area contributed by atoms with Gasteiger partial charge in [-0.1, -0.05) is 6.92 Å². The fourth-order valence-corrected chi connectivity index (χ4v) is 8.03. The van der Waals surface area contributed by atoms with Crippen LogP contribution in [-0.2, 0) is 39.5 Å². The van der Waals surface area contributed by atoms with Crippen LogP contribution in [0.4, 0.5) is 13.2 Å². The third kappa shape index (κ3) is 2.69. The van der Waals surface area contributed by atoms with Gasteiger partial charge in [0.25, 0.3) is 11.5 Å². The highest BCUT2D eigenvalue weighted by Crippen LogP contribution is 2.75. The largest absolute Gasteiger partial charge is 0.458 e. The van der Waals surface area contributed by atoms with Gasteiger partial charge in [0.05, 0.1) is 40.6 Å². The molecule has 9 nitrogen and oxygen atoms in total. The molecule has 4 aliphatic carbocycles. The second-order valence-corrected chi connectivity index (χ2v) is 12.5. The molecular formula is C30H27F3N4O5. The molecule has 2 aliphatic heterocycles. The van der Waals surface area contributed by atoms with Crippen molar-refractivity contribution < 1.29 is 32.6 Å². The number of rotatable bonds is 3. The topological polar surface area (TPSA) is 137 Å².